The average molecular weight is 288 g/mol. The van der Waals surface area contributed by atoms with Gasteiger partial charge in [0.2, 0.25) is 0 Å². The van der Waals surface area contributed by atoms with E-state index in [1.807, 2.05) is 30.3 Å². The minimum absolute atomic E-state index is 0.346. The Morgan fingerprint density at radius 1 is 1.14 bits per heavy atom. The van der Waals surface area contributed by atoms with Crippen molar-refractivity contribution >= 4 is 11.9 Å². The molecule has 21 heavy (non-hydrogen) atoms. The van der Waals surface area contributed by atoms with Gasteiger partial charge in [0, 0.05) is 12.7 Å². The largest absolute Gasteiger partial charge is 0.480 e. The number of aliphatic hydroxyl groups is 1. The fourth-order valence-electron chi connectivity index (χ4n) is 1.96. The number of rotatable bonds is 6. The van der Waals surface area contributed by atoms with Crippen molar-refractivity contribution in [2.45, 2.75) is 12.6 Å². The topological polar surface area (TPSA) is 91.6 Å². The standard InChI is InChI=1S/C15H16N2O4/c18-10-12(15(20)21)16-14(19)13-7-4-8-17(13)9-11-5-2-1-3-6-11/h1-8,12,18H,9-10H2,(H,16,19)(H,20,21)/t12-/m1/s1. The molecule has 2 rings (SSSR count). The molecule has 0 aliphatic carbocycles. The summed E-state index contributed by atoms with van der Waals surface area (Å²) in [6.07, 6.45) is 1.75. The van der Waals surface area contributed by atoms with Gasteiger partial charge in [-0.25, -0.2) is 4.79 Å². The lowest BCUT2D eigenvalue weighted by atomic mass is 10.2. The van der Waals surface area contributed by atoms with Crippen molar-refractivity contribution in [2.24, 2.45) is 0 Å². The van der Waals surface area contributed by atoms with E-state index in [4.69, 9.17) is 10.2 Å². The van der Waals surface area contributed by atoms with E-state index in [1.54, 1.807) is 22.9 Å². The second-order valence-electron chi connectivity index (χ2n) is 4.55. The highest BCUT2D eigenvalue weighted by Crippen LogP contribution is 2.08. The van der Waals surface area contributed by atoms with Crippen LogP contribution < -0.4 is 5.32 Å². The third kappa shape index (κ3) is 3.70. The first kappa shape index (κ1) is 14.8. The molecule has 0 unspecified atom stereocenters. The maximum Gasteiger partial charge on any atom is 0.328 e. The van der Waals surface area contributed by atoms with Crippen molar-refractivity contribution in [3.8, 4) is 0 Å². The average Bonchev–Trinajstić information content (AvgIpc) is 2.93. The fraction of sp³-hybridized carbons (Fsp3) is 0.200. The van der Waals surface area contributed by atoms with Gasteiger partial charge in [0.25, 0.3) is 5.91 Å². The summed E-state index contributed by atoms with van der Waals surface area (Å²) in [7, 11) is 0. The molecule has 6 nitrogen and oxygen atoms in total. The number of carboxylic acid groups (broad SMARTS) is 1. The zero-order valence-electron chi connectivity index (χ0n) is 11.3. The normalized spacial score (nSPS) is 11.9. The van der Waals surface area contributed by atoms with Crippen molar-refractivity contribution < 1.29 is 19.8 Å². The molecule has 6 heteroatoms. The smallest absolute Gasteiger partial charge is 0.328 e. The quantitative estimate of drug-likeness (QED) is 0.730. The highest BCUT2D eigenvalue weighted by molar-refractivity contribution is 5.95. The van der Waals surface area contributed by atoms with Crippen LogP contribution in [0, 0.1) is 0 Å². The first-order valence-electron chi connectivity index (χ1n) is 6.45. The van der Waals surface area contributed by atoms with Crippen LogP contribution in [-0.2, 0) is 11.3 Å². The zero-order chi connectivity index (χ0) is 15.2. The number of amides is 1. The second-order valence-corrected chi connectivity index (χ2v) is 4.55. The molecule has 1 aromatic carbocycles. The van der Waals surface area contributed by atoms with E-state index in [1.165, 1.54) is 0 Å². The van der Waals surface area contributed by atoms with E-state index < -0.39 is 24.5 Å². The van der Waals surface area contributed by atoms with Gasteiger partial charge in [-0.2, -0.15) is 0 Å². The van der Waals surface area contributed by atoms with Crippen molar-refractivity contribution in [3.63, 3.8) is 0 Å². The molecule has 2 aromatic rings. The van der Waals surface area contributed by atoms with Gasteiger partial charge in [-0.3, -0.25) is 4.79 Å². The van der Waals surface area contributed by atoms with Crippen LogP contribution in [0.3, 0.4) is 0 Å². The highest BCUT2D eigenvalue weighted by Gasteiger charge is 2.21. The van der Waals surface area contributed by atoms with Crippen molar-refractivity contribution in [1.82, 2.24) is 9.88 Å². The summed E-state index contributed by atoms with van der Waals surface area (Å²) < 4.78 is 1.72. The number of nitrogens with zero attached hydrogens (tertiary/aromatic N) is 1. The maximum absolute atomic E-state index is 12.1. The summed E-state index contributed by atoms with van der Waals surface area (Å²) in [5.74, 6) is -1.80. The number of hydrogen-bond donors (Lipinski definition) is 3. The minimum atomic E-state index is -1.31. The van der Waals surface area contributed by atoms with Gasteiger partial charge in [0.15, 0.2) is 6.04 Å². The molecule has 1 heterocycles. The van der Waals surface area contributed by atoms with Crippen LogP contribution in [0.15, 0.2) is 48.7 Å². The number of aliphatic hydroxyl groups excluding tert-OH is 1. The Balaban J connectivity index is 2.12. The van der Waals surface area contributed by atoms with E-state index in [9.17, 15) is 9.59 Å². The summed E-state index contributed by atoms with van der Waals surface area (Å²) in [4.78, 5) is 22.9. The molecule has 0 saturated carbocycles. The number of benzene rings is 1. The van der Waals surface area contributed by atoms with E-state index >= 15 is 0 Å². The van der Waals surface area contributed by atoms with E-state index in [2.05, 4.69) is 5.32 Å². The Hall–Kier alpha value is -2.60. The summed E-state index contributed by atoms with van der Waals surface area (Å²) in [6, 6.07) is 11.6. The third-order valence-electron chi connectivity index (χ3n) is 3.04. The molecular weight excluding hydrogens is 272 g/mol. The van der Waals surface area contributed by atoms with Gasteiger partial charge in [-0.15, -0.1) is 0 Å². The number of aromatic nitrogens is 1. The molecule has 0 fully saturated rings. The molecular formula is C15H16N2O4. The first-order valence-corrected chi connectivity index (χ1v) is 6.45. The van der Waals surface area contributed by atoms with E-state index in [0.29, 0.717) is 12.2 Å². The molecule has 0 spiro atoms. The highest BCUT2D eigenvalue weighted by atomic mass is 16.4. The Bertz CT molecular complexity index is 622. The molecule has 0 aliphatic rings. The predicted molar refractivity (Wildman–Crippen MR) is 76.0 cm³/mol. The van der Waals surface area contributed by atoms with Crippen LogP contribution in [0.25, 0.3) is 0 Å². The number of carbonyl (C=O) groups is 2. The van der Waals surface area contributed by atoms with Gasteiger partial charge in [-0.05, 0) is 17.7 Å². The SMILES string of the molecule is O=C(N[C@H](CO)C(=O)O)c1cccn1Cc1ccccc1. The van der Waals surface area contributed by atoms with Crippen LogP contribution in [-0.4, -0.2) is 39.3 Å². The van der Waals surface area contributed by atoms with Crippen LogP contribution >= 0.6 is 0 Å². The molecule has 0 radical (unpaired) electrons. The maximum atomic E-state index is 12.1. The minimum Gasteiger partial charge on any atom is -0.480 e. The molecule has 1 amide bonds. The van der Waals surface area contributed by atoms with Gasteiger partial charge < -0.3 is 20.1 Å². The van der Waals surface area contributed by atoms with Crippen molar-refractivity contribution in [3.05, 3.63) is 59.9 Å². The van der Waals surface area contributed by atoms with E-state index in [-0.39, 0.29) is 0 Å². The second kappa shape index (κ2) is 6.71. The third-order valence-corrected chi connectivity index (χ3v) is 3.04. The number of hydrogen-bond acceptors (Lipinski definition) is 3. The van der Waals surface area contributed by atoms with Gasteiger partial charge in [0.05, 0.1) is 6.61 Å². The Kier molecular flexibility index (Phi) is 4.73. The molecule has 0 aliphatic heterocycles. The van der Waals surface area contributed by atoms with Crippen LogP contribution in [0.2, 0.25) is 0 Å². The zero-order valence-corrected chi connectivity index (χ0v) is 11.3. The summed E-state index contributed by atoms with van der Waals surface area (Å²) in [6.45, 7) is -0.145. The Morgan fingerprint density at radius 2 is 1.86 bits per heavy atom. The lowest BCUT2D eigenvalue weighted by molar-refractivity contribution is -0.140. The first-order chi connectivity index (χ1) is 10.1. The van der Waals surface area contributed by atoms with Crippen LogP contribution in [0.1, 0.15) is 16.1 Å². The van der Waals surface area contributed by atoms with Crippen LogP contribution in [0.5, 0.6) is 0 Å². The molecule has 3 N–H and O–H groups in total. The fourth-order valence-corrected chi connectivity index (χ4v) is 1.96. The summed E-state index contributed by atoms with van der Waals surface area (Å²) in [5, 5.41) is 20.1. The molecule has 110 valence electrons. The van der Waals surface area contributed by atoms with Gasteiger partial charge in [-0.1, -0.05) is 30.3 Å². The molecule has 1 aromatic heterocycles. The Morgan fingerprint density at radius 3 is 2.48 bits per heavy atom. The number of aliphatic carboxylic acids is 1. The lowest BCUT2D eigenvalue weighted by Crippen LogP contribution is -2.43. The van der Waals surface area contributed by atoms with Gasteiger partial charge in [0.1, 0.15) is 5.69 Å². The summed E-state index contributed by atoms with van der Waals surface area (Å²) >= 11 is 0. The number of carbonyl (C=O) groups excluding carboxylic acids is 1. The summed E-state index contributed by atoms with van der Waals surface area (Å²) in [5.41, 5.74) is 1.37. The van der Waals surface area contributed by atoms with Crippen LogP contribution in [0.4, 0.5) is 0 Å². The van der Waals surface area contributed by atoms with Gasteiger partial charge >= 0.3 is 5.97 Å². The van der Waals surface area contributed by atoms with Crippen molar-refractivity contribution in [1.29, 1.82) is 0 Å². The lowest BCUT2D eigenvalue weighted by Gasteiger charge is -2.13. The van der Waals surface area contributed by atoms with E-state index in [0.717, 1.165) is 5.56 Å². The molecule has 0 saturated heterocycles. The number of nitrogens with one attached hydrogen (secondary N) is 1. The number of carboxylic acids is 1. The van der Waals surface area contributed by atoms with Crippen molar-refractivity contribution in [2.75, 3.05) is 6.61 Å². The Labute approximate surface area is 121 Å². The predicted octanol–water partition coefficient (Wildman–Crippen LogP) is 0.712. The monoisotopic (exact) mass is 288 g/mol. The molecule has 1 atom stereocenters. The molecule has 0 bridgehead atoms.